The van der Waals surface area contributed by atoms with Crippen molar-refractivity contribution in [1.29, 1.82) is 0 Å². The maximum atomic E-state index is 12.0. The molecule has 7 heteroatoms. The summed E-state index contributed by atoms with van der Waals surface area (Å²) in [5.74, 6) is -1.49. The van der Waals surface area contributed by atoms with Crippen LogP contribution in [0.1, 0.15) is 39.0 Å². The highest BCUT2D eigenvalue weighted by molar-refractivity contribution is 5.86. The largest absolute Gasteiger partial charge is 0.480 e. The number of aliphatic carboxylic acids is 1. The summed E-state index contributed by atoms with van der Waals surface area (Å²) in [6.45, 7) is 0.985. The van der Waals surface area contributed by atoms with Crippen molar-refractivity contribution >= 4 is 17.9 Å². The average Bonchev–Trinajstić information content (AvgIpc) is 2.37. The molecule has 0 aromatic rings. The molecule has 0 aromatic carbocycles. The van der Waals surface area contributed by atoms with Crippen LogP contribution in [0.15, 0.2) is 0 Å². The fraction of sp³-hybridized carbons (Fsp3) is 0.769. The third-order valence-corrected chi connectivity index (χ3v) is 3.67. The molecule has 0 saturated heterocycles. The zero-order valence-electron chi connectivity index (χ0n) is 11.8. The lowest BCUT2D eigenvalue weighted by atomic mass is 9.84. The van der Waals surface area contributed by atoms with Crippen LogP contribution >= 0.6 is 0 Å². The first kappa shape index (κ1) is 16.3. The van der Waals surface area contributed by atoms with Gasteiger partial charge in [-0.15, -0.1) is 0 Å². The Morgan fingerprint density at radius 2 is 1.85 bits per heavy atom. The molecule has 1 unspecified atom stereocenters. The van der Waals surface area contributed by atoms with E-state index in [1.54, 1.807) is 0 Å². The average molecular weight is 285 g/mol. The van der Waals surface area contributed by atoms with Gasteiger partial charge in [0.15, 0.2) is 0 Å². The van der Waals surface area contributed by atoms with E-state index in [1.807, 2.05) is 6.92 Å². The van der Waals surface area contributed by atoms with E-state index in [4.69, 9.17) is 10.8 Å². The molecule has 1 saturated carbocycles. The zero-order valence-corrected chi connectivity index (χ0v) is 11.8. The maximum absolute atomic E-state index is 12.0. The predicted octanol–water partition coefficient (Wildman–Crippen LogP) is 0.537. The molecule has 114 valence electrons. The van der Waals surface area contributed by atoms with Gasteiger partial charge in [-0.05, 0) is 25.7 Å². The third kappa shape index (κ3) is 5.46. The molecule has 4 N–H and O–H groups in total. The molecule has 1 atom stereocenters. The third-order valence-electron chi connectivity index (χ3n) is 3.67. The second-order valence-corrected chi connectivity index (χ2v) is 5.35. The molecule has 1 aliphatic rings. The number of nitrogens with one attached hydrogen (secondary N) is 1. The molecule has 0 bridgehead atoms. The number of carbonyl (C=O) groups is 3. The Bertz CT molecular complexity index is 351. The number of carboxylic acids is 1. The zero-order chi connectivity index (χ0) is 15.1. The molecular weight excluding hydrogens is 262 g/mol. The maximum Gasteiger partial charge on any atom is 0.323 e. The van der Waals surface area contributed by atoms with Crippen molar-refractivity contribution in [2.24, 2.45) is 11.7 Å². The van der Waals surface area contributed by atoms with Gasteiger partial charge in [-0.25, -0.2) is 4.79 Å². The normalized spacial score (nSPS) is 17.2. The summed E-state index contributed by atoms with van der Waals surface area (Å²) in [6, 6.07) is -0.587. The number of nitrogens with two attached hydrogens (primary N) is 1. The Hall–Kier alpha value is -1.79. The van der Waals surface area contributed by atoms with E-state index in [0.29, 0.717) is 5.92 Å². The molecular formula is C13H23N3O4. The first-order chi connectivity index (χ1) is 9.40. The second-order valence-electron chi connectivity index (χ2n) is 5.35. The van der Waals surface area contributed by atoms with Crippen molar-refractivity contribution in [3.05, 3.63) is 0 Å². The summed E-state index contributed by atoms with van der Waals surface area (Å²) in [5, 5.41) is 11.5. The number of primary amides is 1. The number of nitrogens with zero attached hydrogens (tertiary/aromatic N) is 1. The minimum absolute atomic E-state index is 0.0352. The van der Waals surface area contributed by atoms with Crippen molar-refractivity contribution in [2.45, 2.75) is 45.1 Å². The van der Waals surface area contributed by atoms with Crippen LogP contribution in [0.25, 0.3) is 0 Å². The molecule has 7 nitrogen and oxygen atoms in total. The van der Waals surface area contributed by atoms with Crippen LogP contribution in [0.4, 0.5) is 4.79 Å². The molecule has 20 heavy (non-hydrogen) atoms. The van der Waals surface area contributed by atoms with Gasteiger partial charge in [0, 0.05) is 6.04 Å². The summed E-state index contributed by atoms with van der Waals surface area (Å²) >= 11 is 0. The minimum Gasteiger partial charge on any atom is -0.480 e. The van der Waals surface area contributed by atoms with Gasteiger partial charge in [0.05, 0.1) is 0 Å². The molecule has 0 spiro atoms. The highest BCUT2D eigenvalue weighted by Crippen LogP contribution is 2.26. The predicted molar refractivity (Wildman–Crippen MR) is 73.0 cm³/mol. The van der Waals surface area contributed by atoms with Crippen LogP contribution in [0, 0.1) is 5.92 Å². The van der Waals surface area contributed by atoms with Gasteiger partial charge in [0.1, 0.15) is 13.1 Å². The number of hydrogen-bond acceptors (Lipinski definition) is 3. The SMILES string of the molecule is CC(NC(=O)N(CC(N)=O)CC(=O)O)C1CCCCC1. The van der Waals surface area contributed by atoms with E-state index in [9.17, 15) is 14.4 Å². The molecule has 0 radical (unpaired) electrons. The number of rotatable bonds is 6. The van der Waals surface area contributed by atoms with Gasteiger partial charge in [-0.1, -0.05) is 19.3 Å². The second kappa shape index (κ2) is 7.72. The number of carbonyl (C=O) groups excluding carboxylic acids is 2. The van der Waals surface area contributed by atoms with Crippen LogP contribution < -0.4 is 11.1 Å². The Kier molecular flexibility index (Phi) is 6.27. The number of hydrogen-bond donors (Lipinski definition) is 3. The van der Waals surface area contributed by atoms with E-state index in [-0.39, 0.29) is 6.04 Å². The van der Waals surface area contributed by atoms with Crippen LogP contribution in [0.2, 0.25) is 0 Å². The number of amides is 3. The van der Waals surface area contributed by atoms with Crippen LogP contribution in [-0.4, -0.2) is 47.0 Å². The Labute approximate surface area is 118 Å². The minimum atomic E-state index is -1.17. The van der Waals surface area contributed by atoms with E-state index in [1.165, 1.54) is 6.42 Å². The standard InChI is InChI=1S/C13H23N3O4/c1-9(10-5-3-2-4-6-10)15-13(20)16(7-11(14)17)8-12(18)19/h9-10H,2-8H2,1H3,(H2,14,17)(H,15,20)(H,18,19). The molecule has 1 rings (SSSR count). The molecule has 0 aromatic heterocycles. The lowest BCUT2D eigenvalue weighted by Crippen LogP contribution is -2.50. The highest BCUT2D eigenvalue weighted by Gasteiger charge is 2.25. The molecule has 1 fully saturated rings. The van der Waals surface area contributed by atoms with Crippen LogP contribution in [-0.2, 0) is 9.59 Å². The van der Waals surface area contributed by atoms with Gasteiger partial charge in [0.25, 0.3) is 0 Å². The fourth-order valence-electron chi connectivity index (χ4n) is 2.59. The fourth-order valence-corrected chi connectivity index (χ4v) is 2.59. The summed E-state index contributed by atoms with van der Waals surface area (Å²) in [5.41, 5.74) is 5.03. The monoisotopic (exact) mass is 285 g/mol. The first-order valence-electron chi connectivity index (χ1n) is 6.95. The molecule has 0 heterocycles. The van der Waals surface area contributed by atoms with E-state index in [0.717, 1.165) is 30.6 Å². The molecule has 0 aliphatic heterocycles. The van der Waals surface area contributed by atoms with Gasteiger partial charge in [-0.2, -0.15) is 0 Å². The van der Waals surface area contributed by atoms with Gasteiger partial charge < -0.3 is 21.1 Å². The van der Waals surface area contributed by atoms with Crippen molar-refractivity contribution in [3.8, 4) is 0 Å². The highest BCUT2D eigenvalue weighted by atomic mass is 16.4. The summed E-state index contributed by atoms with van der Waals surface area (Å²) in [7, 11) is 0. The Morgan fingerprint density at radius 3 is 2.35 bits per heavy atom. The number of urea groups is 1. The molecule has 1 aliphatic carbocycles. The molecule has 3 amide bonds. The first-order valence-corrected chi connectivity index (χ1v) is 6.95. The number of carboxylic acid groups (broad SMARTS) is 1. The van der Waals surface area contributed by atoms with E-state index >= 15 is 0 Å². The summed E-state index contributed by atoms with van der Waals surface area (Å²) < 4.78 is 0. The lowest BCUT2D eigenvalue weighted by Gasteiger charge is -2.30. The van der Waals surface area contributed by atoms with E-state index < -0.39 is 31.0 Å². The van der Waals surface area contributed by atoms with E-state index in [2.05, 4.69) is 5.32 Å². The summed E-state index contributed by atoms with van der Waals surface area (Å²) in [4.78, 5) is 34.5. The lowest BCUT2D eigenvalue weighted by molar-refractivity contribution is -0.137. The summed E-state index contributed by atoms with van der Waals surface area (Å²) in [6.07, 6.45) is 5.67. The van der Waals surface area contributed by atoms with Crippen LogP contribution in [0.5, 0.6) is 0 Å². The van der Waals surface area contributed by atoms with Crippen molar-refractivity contribution < 1.29 is 19.5 Å². The van der Waals surface area contributed by atoms with Gasteiger partial charge in [0.2, 0.25) is 5.91 Å². The van der Waals surface area contributed by atoms with Gasteiger partial charge in [-0.3, -0.25) is 9.59 Å². The topological polar surface area (TPSA) is 113 Å². The van der Waals surface area contributed by atoms with Crippen LogP contribution in [0.3, 0.4) is 0 Å². The van der Waals surface area contributed by atoms with Crippen molar-refractivity contribution in [2.75, 3.05) is 13.1 Å². The Morgan fingerprint density at radius 1 is 1.25 bits per heavy atom. The smallest absolute Gasteiger partial charge is 0.323 e. The van der Waals surface area contributed by atoms with Crippen molar-refractivity contribution in [3.63, 3.8) is 0 Å². The van der Waals surface area contributed by atoms with Crippen molar-refractivity contribution in [1.82, 2.24) is 10.2 Å². The van der Waals surface area contributed by atoms with Gasteiger partial charge >= 0.3 is 12.0 Å². The quantitative estimate of drug-likeness (QED) is 0.661. The Balaban J connectivity index is 2.54.